The summed E-state index contributed by atoms with van der Waals surface area (Å²) in [7, 11) is -2.66. The highest BCUT2D eigenvalue weighted by Crippen LogP contribution is 2.24. The van der Waals surface area contributed by atoms with Crippen molar-refractivity contribution >= 4 is 33.2 Å². The first kappa shape index (κ1) is 24.7. The minimum atomic E-state index is -4.03. The first-order chi connectivity index (χ1) is 15.0. The van der Waals surface area contributed by atoms with E-state index in [1.165, 1.54) is 50.4 Å². The molecular weight excluding hydrogens is 443 g/mol. The number of non-ortho nitro benzene ring substituents is 1. The van der Waals surface area contributed by atoms with Gasteiger partial charge in [-0.05, 0) is 19.1 Å². The van der Waals surface area contributed by atoms with Gasteiger partial charge in [-0.25, -0.2) is 12.8 Å². The molecule has 12 heteroatoms. The minimum absolute atomic E-state index is 0.0894. The number of benzene rings is 2. The van der Waals surface area contributed by atoms with Gasteiger partial charge in [-0.1, -0.05) is 24.3 Å². The number of hydrogen-bond donors (Lipinski definition) is 1. The second-order valence-corrected chi connectivity index (χ2v) is 8.86. The lowest BCUT2D eigenvalue weighted by Gasteiger charge is -2.31. The summed E-state index contributed by atoms with van der Waals surface area (Å²) in [5, 5.41) is 13.5. The molecule has 0 aromatic heterocycles. The van der Waals surface area contributed by atoms with Gasteiger partial charge in [0.2, 0.25) is 21.8 Å². The fraction of sp³-hybridized carbons (Fsp3) is 0.300. The van der Waals surface area contributed by atoms with Crippen molar-refractivity contribution < 1.29 is 27.3 Å². The van der Waals surface area contributed by atoms with Crippen LogP contribution < -0.4 is 9.62 Å². The highest BCUT2D eigenvalue weighted by atomic mass is 32.2. The molecule has 0 saturated heterocycles. The molecule has 172 valence electrons. The first-order valence-corrected chi connectivity index (χ1v) is 11.3. The Labute approximate surface area is 184 Å². The van der Waals surface area contributed by atoms with Crippen molar-refractivity contribution in [2.75, 3.05) is 24.2 Å². The van der Waals surface area contributed by atoms with Crippen LogP contribution in [0, 0.1) is 15.9 Å². The zero-order chi connectivity index (χ0) is 24.1. The number of likely N-dealkylation sites (N-methyl/N-ethyl adjacent to an activating group) is 1. The lowest BCUT2D eigenvalue weighted by atomic mass is 10.1. The molecule has 1 N–H and O–H groups in total. The summed E-state index contributed by atoms with van der Waals surface area (Å²) in [6.45, 7) is 0.401. The molecule has 2 amide bonds. The van der Waals surface area contributed by atoms with Crippen LogP contribution in [0.2, 0.25) is 0 Å². The van der Waals surface area contributed by atoms with Crippen molar-refractivity contribution in [1.29, 1.82) is 0 Å². The third-order valence-corrected chi connectivity index (χ3v) is 5.86. The molecule has 0 saturated carbocycles. The number of amides is 2. The summed E-state index contributed by atoms with van der Waals surface area (Å²) < 4.78 is 39.7. The molecule has 32 heavy (non-hydrogen) atoms. The summed E-state index contributed by atoms with van der Waals surface area (Å²) in [6, 6.07) is 9.46. The molecule has 0 radical (unpaired) electrons. The SMILES string of the molecule is CNC(=O)[C@H](C)N(Cc1ccccc1F)C(=O)CN(c1cccc([N+](=O)[O-])c1)S(C)(=O)=O. The maximum atomic E-state index is 14.2. The fourth-order valence-electron chi connectivity index (χ4n) is 2.98. The van der Waals surface area contributed by atoms with Gasteiger partial charge in [0, 0.05) is 31.3 Å². The van der Waals surface area contributed by atoms with Crippen LogP contribution in [0.5, 0.6) is 0 Å². The van der Waals surface area contributed by atoms with E-state index in [9.17, 15) is 32.5 Å². The molecular formula is C20H23FN4O6S. The van der Waals surface area contributed by atoms with Gasteiger partial charge in [-0.3, -0.25) is 24.0 Å². The number of anilines is 1. The summed E-state index contributed by atoms with van der Waals surface area (Å²) >= 11 is 0. The third-order valence-electron chi connectivity index (χ3n) is 4.72. The van der Waals surface area contributed by atoms with Gasteiger partial charge in [0.15, 0.2) is 0 Å². The number of sulfonamides is 1. The molecule has 2 aromatic rings. The molecule has 0 bridgehead atoms. The van der Waals surface area contributed by atoms with E-state index in [0.29, 0.717) is 4.31 Å². The number of nitrogens with one attached hydrogen (secondary N) is 1. The maximum absolute atomic E-state index is 14.2. The zero-order valence-corrected chi connectivity index (χ0v) is 18.5. The van der Waals surface area contributed by atoms with Gasteiger partial charge in [-0.2, -0.15) is 0 Å². The van der Waals surface area contributed by atoms with Crippen LogP contribution in [0.4, 0.5) is 15.8 Å². The van der Waals surface area contributed by atoms with Gasteiger partial charge >= 0.3 is 0 Å². The summed E-state index contributed by atoms with van der Waals surface area (Å²) in [5.74, 6) is -1.91. The Hall–Kier alpha value is -3.54. The number of halogens is 1. The van der Waals surface area contributed by atoms with Gasteiger partial charge in [0.1, 0.15) is 18.4 Å². The molecule has 0 aliphatic heterocycles. The number of nitro benzene ring substituents is 1. The van der Waals surface area contributed by atoms with Crippen molar-refractivity contribution in [3.63, 3.8) is 0 Å². The lowest BCUT2D eigenvalue weighted by Crippen LogP contribution is -2.50. The Kier molecular flexibility index (Phi) is 7.87. The van der Waals surface area contributed by atoms with Crippen molar-refractivity contribution in [2.24, 2.45) is 0 Å². The number of nitro groups is 1. The molecule has 0 spiro atoms. The maximum Gasteiger partial charge on any atom is 0.271 e. The van der Waals surface area contributed by atoms with Crippen molar-refractivity contribution in [3.05, 3.63) is 70.0 Å². The van der Waals surface area contributed by atoms with E-state index in [1.807, 2.05) is 0 Å². The Bertz CT molecular complexity index is 1120. The predicted octanol–water partition coefficient (Wildman–Crippen LogP) is 1.66. The Balaban J connectivity index is 2.43. The van der Waals surface area contributed by atoms with Crippen molar-refractivity contribution in [2.45, 2.75) is 19.5 Å². The van der Waals surface area contributed by atoms with Crippen LogP contribution in [0.3, 0.4) is 0 Å². The largest absolute Gasteiger partial charge is 0.357 e. The van der Waals surface area contributed by atoms with Gasteiger partial charge in [0.05, 0.1) is 16.9 Å². The number of hydrogen-bond acceptors (Lipinski definition) is 6. The Morgan fingerprint density at radius 1 is 1.19 bits per heavy atom. The quantitative estimate of drug-likeness (QED) is 0.442. The first-order valence-electron chi connectivity index (χ1n) is 9.42. The van der Waals surface area contributed by atoms with Crippen LogP contribution in [0.1, 0.15) is 12.5 Å². The van der Waals surface area contributed by atoms with Crippen LogP contribution in [0.25, 0.3) is 0 Å². The van der Waals surface area contributed by atoms with E-state index in [2.05, 4.69) is 5.32 Å². The molecule has 2 aromatic carbocycles. The van der Waals surface area contributed by atoms with Crippen LogP contribution >= 0.6 is 0 Å². The molecule has 0 heterocycles. The van der Waals surface area contributed by atoms with E-state index < -0.39 is 45.2 Å². The smallest absolute Gasteiger partial charge is 0.271 e. The van der Waals surface area contributed by atoms with E-state index in [4.69, 9.17) is 0 Å². The second kappa shape index (κ2) is 10.2. The fourth-order valence-corrected chi connectivity index (χ4v) is 3.82. The van der Waals surface area contributed by atoms with E-state index in [0.717, 1.165) is 17.2 Å². The molecule has 10 nitrogen and oxygen atoms in total. The standard InChI is InChI=1S/C20H23FN4O6S/c1-14(20(27)22-2)23(12-15-7-4-5-10-18(15)21)19(26)13-24(32(3,30)31)16-8-6-9-17(11-16)25(28)29/h4-11,14H,12-13H2,1-3H3,(H,22,27)/t14-/m0/s1. The highest BCUT2D eigenvalue weighted by molar-refractivity contribution is 7.92. The normalized spacial score (nSPS) is 12.0. The monoisotopic (exact) mass is 466 g/mol. The van der Waals surface area contributed by atoms with Crippen LogP contribution in [-0.4, -0.2) is 55.9 Å². The lowest BCUT2D eigenvalue weighted by molar-refractivity contribution is -0.384. The number of rotatable bonds is 9. The van der Waals surface area contributed by atoms with Gasteiger partial charge in [0.25, 0.3) is 5.69 Å². The number of carbonyl (C=O) groups excluding carboxylic acids is 2. The molecule has 0 fully saturated rings. The van der Waals surface area contributed by atoms with E-state index >= 15 is 0 Å². The number of nitrogens with zero attached hydrogens (tertiary/aromatic N) is 3. The Morgan fingerprint density at radius 2 is 1.84 bits per heavy atom. The van der Waals surface area contributed by atoms with Crippen LogP contribution in [-0.2, 0) is 26.2 Å². The summed E-state index contributed by atoms with van der Waals surface area (Å²) in [5.41, 5.74) is -0.308. The Morgan fingerprint density at radius 3 is 2.41 bits per heavy atom. The summed E-state index contributed by atoms with van der Waals surface area (Å²) in [6.07, 6.45) is 0.850. The second-order valence-electron chi connectivity index (χ2n) is 6.95. The van der Waals surface area contributed by atoms with Gasteiger partial charge < -0.3 is 10.2 Å². The van der Waals surface area contributed by atoms with Crippen molar-refractivity contribution in [1.82, 2.24) is 10.2 Å². The molecule has 2 rings (SSSR count). The molecule has 1 atom stereocenters. The van der Waals surface area contributed by atoms with E-state index in [1.54, 1.807) is 6.07 Å². The average molecular weight is 466 g/mol. The zero-order valence-electron chi connectivity index (χ0n) is 17.7. The minimum Gasteiger partial charge on any atom is -0.357 e. The molecule has 0 aliphatic rings. The average Bonchev–Trinajstić information content (AvgIpc) is 2.74. The van der Waals surface area contributed by atoms with Crippen LogP contribution in [0.15, 0.2) is 48.5 Å². The summed E-state index contributed by atoms with van der Waals surface area (Å²) in [4.78, 5) is 36.8. The highest BCUT2D eigenvalue weighted by Gasteiger charge is 2.30. The number of carbonyl (C=O) groups is 2. The topological polar surface area (TPSA) is 130 Å². The van der Waals surface area contributed by atoms with Gasteiger partial charge in [-0.15, -0.1) is 0 Å². The predicted molar refractivity (Wildman–Crippen MR) is 116 cm³/mol. The van der Waals surface area contributed by atoms with E-state index in [-0.39, 0.29) is 23.5 Å². The third kappa shape index (κ3) is 6.00. The molecule has 0 aliphatic carbocycles. The molecule has 0 unspecified atom stereocenters. The van der Waals surface area contributed by atoms with Crippen molar-refractivity contribution in [3.8, 4) is 0 Å².